The van der Waals surface area contributed by atoms with Gasteiger partial charge >= 0.3 is 0 Å². The summed E-state index contributed by atoms with van der Waals surface area (Å²) in [7, 11) is 0. The highest BCUT2D eigenvalue weighted by Gasteiger charge is 2.01. The second kappa shape index (κ2) is 6.33. The summed E-state index contributed by atoms with van der Waals surface area (Å²) in [5, 5.41) is 12.2. The van der Waals surface area contributed by atoms with Gasteiger partial charge in [0, 0.05) is 37.3 Å². The number of aromatic nitrogens is 2. The third-order valence-electron chi connectivity index (χ3n) is 2.96. The van der Waals surface area contributed by atoms with Gasteiger partial charge in [0.15, 0.2) is 0 Å². The summed E-state index contributed by atoms with van der Waals surface area (Å²) in [6.45, 7) is 3.13. The van der Waals surface area contributed by atoms with Crippen molar-refractivity contribution < 1.29 is 5.11 Å². The van der Waals surface area contributed by atoms with Gasteiger partial charge in [0.1, 0.15) is 0 Å². The molecule has 4 nitrogen and oxygen atoms in total. The van der Waals surface area contributed by atoms with Gasteiger partial charge in [-0.3, -0.25) is 0 Å². The van der Waals surface area contributed by atoms with E-state index in [0.717, 1.165) is 18.7 Å². The van der Waals surface area contributed by atoms with Crippen LogP contribution in [0.15, 0.2) is 43.0 Å². The number of aliphatic hydroxyl groups is 1. The maximum atomic E-state index is 8.83. The number of hydrogen-bond donors (Lipinski definition) is 2. The van der Waals surface area contributed by atoms with Crippen LogP contribution >= 0.6 is 0 Å². The Balaban J connectivity index is 1.92. The Morgan fingerprint density at radius 3 is 2.72 bits per heavy atom. The Kier molecular flexibility index (Phi) is 4.50. The van der Waals surface area contributed by atoms with Crippen molar-refractivity contribution in [1.29, 1.82) is 0 Å². The van der Waals surface area contributed by atoms with Gasteiger partial charge in [0.05, 0.1) is 6.33 Å². The molecule has 0 saturated carbocycles. The highest BCUT2D eigenvalue weighted by atomic mass is 16.3. The minimum atomic E-state index is 0.230. The van der Waals surface area contributed by atoms with E-state index in [9.17, 15) is 0 Å². The van der Waals surface area contributed by atoms with Crippen LogP contribution in [0.25, 0.3) is 5.69 Å². The van der Waals surface area contributed by atoms with Crippen LogP contribution in [0.4, 0.5) is 0 Å². The number of rotatable bonds is 6. The standard InChI is InChI=1S/C14H19N3O/c1-12(6-9-18)16-10-13-2-4-14(5-3-13)17-8-7-15-11-17/h2-5,7-8,11-12,16,18H,6,9-10H2,1H3. The van der Waals surface area contributed by atoms with Crippen LogP contribution in [0.2, 0.25) is 0 Å². The Hall–Kier alpha value is -1.65. The molecule has 2 N–H and O–H groups in total. The second-order valence-electron chi connectivity index (χ2n) is 4.43. The first-order chi connectivity index (χ1) is 8.79. The Bertz CT molecular complexity index is 450. The quantitative estimate of drug-likeness (QED) is 0.815. The van der Waals surface area contributed by atoms with Crippen LogP contribution in [-0.2, 0) is 6.54 Å². The van der Waals surface area contributed by atoms with E-state index in [1.54, 1.807) is 12.5 Å². The van der Waals surface area contributed by atoms with Gasteiger partial charge in [-0.2, -0.15) is 0 Å². The van der Waals surface area contributed by atoms with Crippen molar-refractivity contribution in [2.75, 3.05) is 6.61 Å². The lowest BCUT2D eigenvalue weighted by Crippen LogP contribution is -2.26. The molecule has 1 atom stereocenters. The predicted molar refractivity (Wildman–Crippen MR) is 71.6 cm³/mol. The molecule has 4 heteroatoms. The Morgan fingerprint density at radius 1 is 1.33 bits per heavy atom. The molecule has 0 aliphatic heterocycles. The van der Waals surface area contributed by atoms with E-state index in [-0.39, 0.29) is 6.61 Å². The molecule has 0 fully saturated rings. The molecule has 2 rings (SSSR count). The van der Waals surface area contributed by atoms with Gasteiger partial charge in [-0.25, -0.2) is 4.98 Å². The highest BCUT2D eigenvalue weighted by Crippen LogP contribution is 2.09. The number of nitrogens with one attached hydrogen (secondary N) is 1. The normalized spacial score (nSPS) is 12.6. The molecular weight excluding hydrogens is 226 g/mol. The second-order valence-corrected chi connectivity index (χ2v) is 4.43. The summed E-state index contributed by atoms with van der Waals surface area (Å²) < 4.78 is 1.98. The minimum Gasteiger partial charge on any atom is -0.396 e. The minimum absolute atomic E-state index is 0.230. The molecule has 1 heterocycles. The summed E-state index contributed by atoms with van der Waals surface area (Å²) in [6, 6.07) is 8.70. The number of imidazole rings is 1. The van der Waals surface area contributed by atoms with Crippen molar-refractivity contribution in [3.63, 3.8) is 0 Å². The van der Waals surface area contributed by atoms with E-state index >= 15 is 0 Å². The summed E-state index contributed by atoms with van der Waals surface area (Å²) in [5.41, 5.74) is 2.35. The molecule has 0 saturated heterocycles. The maximum absolute atomic E-state index is 8.83. The van der Waals surface area contributed by atoms with Crippen molar-refractivity contribution >= 4 is 0 Å². The van der Waals surface area contributed by atoms with Crippen molar-refractivity contribution in [3.8, 4) is 5.69 Å². The van der Waals surface area contributed by atoms with Gasteiger partial charge in [-0.15, -0.1) is 0 Å². The lowest BCUT2D eigenvalue weighted by atomic mass is 10.2. The Morgan fingerprint density at radius 2 is 2.11 bits per heavy atom. The third-order valence-corrected chi connectivity index (χ3v) is 2.96. The molecular formula is C14H19N3O. The number of benzene rings is 1. The predicted octanol–water partition coefficient (Wildman–Crippen LogP) is 1.73. The fourth-order valence-electron chi connectivity index (χ4n) is 1.79. The van der Waals surface area contributed by atoms with Crippen LogP contribution in [0.1, 0.15) is 18.9 Å². The van der Waals surface area contributed by atoms with Crippen LogP contribution in [-0.4, -0.2) is 27.3 Å². The van der Waals surface area contributed by atoms with Crippen LogP contribution in [0.3, 0.4) is 0 Å². The van der Waals surface area contributed by atoms with E-state index < -0.39 is 0 Å². The van der Waals surface area contributed by atoms with Crippen molar-refractivity contribution in [3.05, 3.63) is 48.5 Å². The van der Waals surface area contributed by atoms with Gasteiger partial charge in [0.25, 0.3) is 0 Å². The first-order valence-corrected chi connectivity index (χ1v) is 6.21. The largest absolute Gasteiger partial charge is 0.396 e. The van der Waals surface area contributed by atoms with Gasteiger partial charge in [-0.05, 0) is 31.0 Å². The molecule has 0 aliphatic carbocycles. The Labute approximate surface area is 107 Å². The van der Waals surface area contributed by atoms with Crippen LogP contribution in [0, 0.1) is 0 Å². The van der Waals surface area contributed by atoms with Gasteiger partial charge in [0.2, 0.25) is 0 Å². The van der Waals surface area contributed by atoms with Crippen molar-refractivity contribution in [2.24, 2.45) is 0 Å². The van der Waals surface area contributed by atoms with Crippen LogP contribution in [0.5, 0.6) is 0 Å². The first kappa shape index (κ1) is 12.8. The van der Waals surface area contributed by atoms with E-state index in [1.807, 2.05) is 10.8 Å². The topological polar surface area (TPSA) is 50.1 Å². The average Bonchev–Trinajstić information content (AvgIpc) is 2.91. The zero-order chi connectivity index (χ0) is 12.8. The molecule has 1 aromatic heterocycles. The fourth-order valence-corrected chi connectivity index (χ4v) is 1.79. The molecule has 96 valence electrons. The summed E-state index contributed by atoms with van der Waals surface area (Å²) in [4.78, 5) is 4.03. The van der Waals surface area contributed by atoms with E-state index in [1.165, 1.54) is 5.56 Å². The van der Waals surface area contributed by atoms with Gasteiger partial charge in [-0.1, -0.05) is 12.1 Å². The number of aliphatic hydroxyl groups excluding tert-OH is 1. The molecule has 18 heavy (non-hydrogen) atoms. The lowest BCUT2D eigenvalue weighted by molar-refractivity contribution is 0.268. The molecule has 2 aromatic rings. The average molecular weight is 245 g/mol. The molecule has 0 aliphatic rings. The molecule has 1 unspecified atom stereocenters. The molecule has 0 radical (unpaired) electrons. The van der Waals surface area contributed by atoms with E-state index in [0.29, 0.717) is 6.04 Å². The molecule has 0 spiro atoms. The third kappa shape index (κ3) is 3.42. The molecule has 1 aromatic carbocycles. The van der Waals surface area contributed by atoms with Crippen molar-refractivity contribution in [1.82, 2.24) is 14.9 Å². The van der Waals surface area contributed by atoms with Gasteiger partial charge < -0.3 is 15.0 Å². The van der Waals surface area contributed by atoms with E-state index in [4.69, 9.17) is 5.11 Å². The molecule has 0 amide bonds. The smallest absolute Gasteiger partial charge is 0.0991 e. The summed E-state index contributed by atoms with van der Waals surface area (Å²) >= 11 is 0. The molecule has 0 bridgehead atoms. The summed E-state index contributed by atoms with van der Waals surface area (Å²) in [6.07, 6.45) is 6.27. The van der Waals surface area contributed by atoms with E-state index in [2.05, 4.69) is 41.5 Å². The number of hydrogen-bond acceptors (Lipinski definition) is 3. The first-order valence-electron chi connectivity index (χ1n) is 6.21. The zero-order valence-corrected chi connectivity index (χ0v) is 10.6. The highest BCUT2D eigenvalue weighted by molar-refractivity contribution is 5.34. The SMILES string of the molecule is CC(CCO)NCc1ccc(-n2ccnc2)cc1. The van der Waals surface area contributed by atoms with Crippen LogP contribution < -0.4 is 5.32 Å². The van der Waals surface area contributed by atoms with Crippen molar-refractivity contribution in [2.45, 2.75) is 25.9 Å². The summed E-state index contributed by atoms with van der Waals surface area (Å²) in [5.74, 6) is 0. The number of nitrogens with zero attached hydrogens (tertiary/aromatic N) is 2. The zero-order valence-electron chi connectivity index (χ0n) is 10.6. The maximum Gasteiger partial charge on any atom is 0.0991 e. The monoisotopic (exact) mass is 245 g/mol. The lowest BCUT2D eigenvalue weighted by Gasteiger charge is -2.12. The fraction of sp³-hybridized carbons (Fsp3) is 0.357.